The summed E-state index contributed by atoms with van der Waals surface area (Å²) in [6, 6.07) is 8.48. The van der Waals surface area contributed by atoms with E-state index in [2.05, 4.69) is 43.5 Å². The van der Waals surface area contributed by atoms with Gasteiger partial charge in [-0.2, -0.15) is 0 Å². The van der Waals surface area contributed by atoms with Crippen molar-refractivity contribution < 1.29 is 9.53 Å². The van der Waals surface area contributed by atoms with E-state index >= 15 is 0 Å². The van der Waals surface area contributed by atoms with Gasteiger partial charge in [0.05, 0.1) is 6.61 Å². The van der Waals surface area contributed by atoms with Crippen LogP contribution in [0.5, 0.6) is 5.75 Å². The molecule has 0 aromatic heterocycles. The predicted molar refractivity (Wildman–Crippen MR) is 91.4 cm³/mol. The number of nitrogens with one attached hydrogen (secondary N) is 2. The molecule has 1 aromatic carbocycles. The average molecular weight is 306 g/mol. The van der Waals surface area contributed by atoms with Crippen LogP contribution in [0.3, 0.4) is 0 Å². The van der Waals surface area contributed by atoms with Crippen LogP contribution in [-0.2, 0) is 10.2 Å². The minimum absolute atomic E-state index is 0.0776. The molecule has 0 bridgehead atoms. The first-order valence-electron chi connectivity index (χ1n) is 8.00. The van der Waals surface area contributed by atoms with Crippen molar-refractivity contribution >= 4 is 5.91 Å². The lowest BCUT2D eigenvalue weighted by Crippen LogP contribution is -2.37. The molecule has 4 heteroatoms. The fraction of sp³-hybridized carbons (Fsp3) is 0.611. The van der Waals surface area contributed by atoms with Gasteiger partial charge in [0.1, 0.15) is 5.75 Å². The van der Waals surface area contributed by atoms with Crippen LogP contribution >= 0.6 is 0 Å². The first-order chi connectivity index (χ1) is 10.3. The summed E-state index contributed by atoms with van der Waals surface area (Å²) in [4.78, 5) is 11.6. The molecule has 1 atom stereocenters. The fourth-order valence-electron chi connectivity index (χ4n) is 1.93. The Labute approximate surface area is 134 Å². The van der Waals surface area contributed by atoms with Crippen molar-refractivity contribution in [2.75, 3.05) is 20.2 Å². The Bertz CT molecular complexity index is 449. The highest BCUT2D eigenvalue weighted by Crippen LogP contribution is 2.24. The van der Waals surface area contributed by atoms with Crippen molar-refractivity contribution in [2.45, 2.75) is 52.0 Å². The second kappa shape index (κ2) is 8.79. The van der Waals surface area contributed by atoms with E-state index in [0.717, 1.165) is 12.2 Å². The van der Waals surface area contributed by atoms with Gasteiger partial charge in [0, 0.05) is 19.0 Å². The minimum atomic E-state index is 0.0776. The third kappa shape index (κ3) is 6.94. The quantitative estimate of drug-likeness (QED) is 0.726. The zero-order valence-electron chi connectivity index (χ0n) is 14.5. The summed E-state index contributed by atoms with van der Waals surface area (Å²) in [7, 11) is 1.88. The Kier molecular flexibility index (Phi) is 7.39. The van der Waals surface area contributed by atoms with Gasteiger partial charge in [-0.15, -0.1) is 0 Å². The van der Waals surface area contributed by atoms with Crippen molar-refractivity contribution in [1.82, 2.24) is 10.6 Å². The highest BCUT2D eigenvalue weighted by Gasteiger charge is 2.12. The molecule has 0 saturated carbocycles. The van der Waals surface area contributed by atoms with Gasteiger partial charge in [-0.05, 0) is 43.5 Å². The van der Waals surface area contributed by atoms with E-state index in [9.17, 15) is 4.79 Å². The monoisotopic (exact) mass is 306 g/mol. The van der Waals surface area contributed by atoms with E-state index in [4.69, 9.17) is 4.74 Å². The Balaban J connectivity index is 2.23. The smallest absolute Gasteiger partial charge is 0.220 e. The molecule has 0 aliphatic carbocycles. The topological polar surface area (TPSA) is 50.4 Å². The highest BCUT2D eigenvalue weighted by molar-refractivity contribution is 5.75. The molecule has 0 aliphatic rings. The Morgan fingerprint density at radius 1 is 1.23 bits per heavy atom. The van der Waals surface area contributed by atoms with E-state index < -0.39 is 0 Å². The van der Waals surface area contributed by atoms with Crippen molar-refractivity contribution in [3.05, 3.63) is 29.8 Å². The molecule has 0 aliphatic heterocycles. The lowest BCUT2D eigenvalue weighted by Gasteiger charge is -2.19. The molecule has 0 fully saturated rings. The van der Waals surface area contributed by atoms with Gasteiger partial charge >= 0.3 is 0 Å². The Morgan fingerprint density at radius 3 is 2.41 bits per heavy atom. The third-order valence-electron chi connectivity index (χ3n) is 3.64. The number of likely N-dealkylation sites (N-methyl/N-ethyl adjacent to an activating group) is 1. The first-order valence-corrected chi connectivity index (χ1v) is 8.00. The molecule has 22 heavy (non-hydrogen) atoms. The van der Waals surface area contributed by atoms with Crippen molar-refractivity contribution in [3.63, 3.8) is 0 Å². The number of rotatable bonds is 8. The minimum Gasteiger partial charge on any atom is -0.494 e. The number of hydrogen-bond acceptors (Lipinski definition) is 3. The molecule has 2 N–H and O–H groups in total. The number of benzene rings is 1. The van der Waals surface area contributed by atoms with Gasteiger partial charge < -0.3 is 15.4 Å². The van der Waals surface area contributed by atoms with Gasteiger partial charge in [0.25, 0.3) is 0 Å². The van der Waals surface area contributed by atoms with Crippen molar-refractivity contribution in [1.29, 1.82) is 0 Å². The summed E-state index contributed by atoms with van der Waals surface area (Å²) in [6.45, 7) is 9.82. The molecule has 0 saturated heterocycles. The normalized spacial score (nSPS) is 12.8. The van der Waals surface area contributed by atoms with Crippen LogP contribution in [0.25, 0.3) is 0 Å². The van der Waals surface area contributed by atoms with Crippen molar-refractivity contribution in [2.24, 2.45) is 0 Å². The van der Waals surface area contributed by atoms with Gasteiger partial charge in [-0.3, -0.25) is 4.79 Å². The van der Waals surface area contributed by atoms with Crippen LogP contribution in [0.1, 0.15) is 46.1 Å². The van der Waals surface area contributed by atoms with E-state index in [1.54, 1.807) is 0 Å². The maximum atomic E-state index is 11.6. The summed E-state index contributed by atoms with van der Waals surface area (Å²) in [6.07, 6.45) is 1.22. The van der Waals surface area contributed by atoms with Crippen LogP contribution in [0.15, 0.2) is 24.3 Å². The van der Waals surface area contributed by atoms with E-state index in [0.29, 0.717) is 25.6 Å². The van der Waals surface area contributed by atoms with Gasteiger partial charge in [0.15, 0.2) is 0 Å². The van der Waals surface area contributed by atoms with Gasteiger partial charge in [0.2, 0.25) is 5.91 Å². The SMILES string of the molecule is CNC(C)CNC(=O)CCCOc1ccc(C(C)(C)C)cc1. The molecule has 1 aromatic rings. The number of carbonyl (C=O) groups excluding carboxylic acids is 1. The number of hydrogen-bond donors (Lipinski definition) is 2. The molecular formula is C18H30N2O2. The molecule has 1 rings (SSSR count). The van der Waals surface area contributed by atoms with Gasteiger partial charge in [-0.1, -0.05) is 32.9 Å². The summed E-state index contributed by atoms with van der Waals surface area (Å²) >= 11 is 0. The Hall–Kier alpha value is -1.55. The maximum absolute atomic E-state index is 11.6. The second-order valence-corrected chi connectivity index (χ2v) is 6.72. The molecule has 0 heterocycles. The van der Waals surface area contributed by atoms with E-state index in [1.807, 2.05) is 26.1 Å². The van der Waals surface area contributed by atoms with Crippen LogP contribution in [0.2, 0.25) is 0 Å². The zero-order valence-corrected chi connectivity index (χ0v) is 14.5. The van der Waals surface area contributed by atoms with Crippen LogP contribution in [-0.4, -0.2) is 32.1 Å². The first kappa shape index (κ1) is 18.5. The standard InChI is InChI=1S/C18H30N2O2/c1-14(19-5)13-20-17(21)7-6-12-22-16-10-8-15(9-11-16)18(2,3)4/h8-11,14,19H,6-7,12-13H2,1-5H3,(H,20,21). The zero-order chi connectivity index (χ0) is 16.6. The van der Waals surface area contributed by atoms with E-state index in [1.165, 1.54) is 5.56 Å². The number of amides is 1. The molecule has 0 radical (unpaired) electrons. The predicted octanol–water partition coefficient (Wildman–Crippen LogP) is 2.87. The number of ether oxygens (including phenoxy) is 1. The lowest BCUT2D eigenvalue weighted by molar-refractivity contribution is -0.121. The molecule has 124 valence electrons. The fourth-order valence-corrected chi connectivity index (χ4v) is 1.93. The van der Waals surface area contributed by atoms with Gasteiger partial charge in [-0.25, -0.2) is 0 Å². The van der Waals surface area contributed by atoms with Crippen LogP contribution in [0, 0.1) is 0 Å². The highest BCUT2D eigenvalue weighted by atomic mass is 16.5. The molecule has 0 spiro atoms. The summed E-state index contributed by atoms with van der Waals surface area (Å²) in [5, 5.41) is 5.98. The average Bonchev–Trinajstić information content (AvgIpc) is 2.48. The summed E-state index contributed by atoms with van der Waals surface area (Å²) in [5.74, 6) is 0.936. The van der Waals surface area contributed by atoms with Crippen molar-refractivity contribution in [3.8, 4) is 5.75 Å². The van der Waals surface area contributed by atoms with Crippen LogP contribution < -0.4 is 15.4 Å². The largest absolute Gasteiger partial charge is 0.494 e. The Morgan fingerprint density at radius 2 is 1.86 bits per heavy atom. The van der Waals surface area contributed by atoms with E-state index in [-0.39, 0.29) is 11.3 Å². The summed E-state index contributed by atoms with van der Waals surface area (Å²) < 4.78 is 5.68. The molecule has 4 nitrogen and oxygen atoms in total. The van der Waals surface area contributed by atoms with Crippen LogP contribution in [0.4, 0.5) is 0 Å². The number of carbonyl (C=O) groups is 1. The molecule has 1 amide bonds. The second-order valence-electron chi connectivity index (χ2n) is 6.72. The molecular weight excluding hydrogens is 276 g/mol. The maximum Gasteiger partial charge on any atom is 0.220 e. The molecule has 1 unspecified atom stereocenters. The lowest BCUT2D eigenvalue weighted by atomic mass is 9.87. The third-order valence-corrected chi connectivity index (χ3v) is 3.64. The summed E-state index contributed by atoms with van der Waals surface area (Å²) in [5.41, 5.74) is 1.44.